The summed E-state index contributed by atoms with van der Waals surface area (Å²) in [5, 5.41) is 0.449. The van der Waals surface area contributed by atoms with Gasteiger partial charge in [0, 0.05) is 25.4 Å². The molecule has 0 spiro atoms. The lowest BCUT2D eigenvalue weighted by Gasteiger charge is -2.20. The van der Waals surface area contributed by atoms with Crippen molar-refractivity contribution >= 4 is 48.5 Å². The lowest BCUT2D eigenvalue weighted by molar-refractivity contribution is -0.114. The number of rotatable bonds is 9. The summed E-state index contributed by atoms with van der Waals surface area (Å²) in [5.74, 6) is 0.910. The quantitative estimate of drug-likeness (QED) is 0.426. The van der Waals surface area contributed by atoms with E-state index in [1.807, 2.05) is 25.1 Å². The molecule has 2 aromatic carbocycles. The number of carbonyl (C=O) groups excluding carboxylic acids is 1. The molecule has 3 rings (SSSR count). The summed E-state index contributed by atoms with van der Waals surface area (Å²) in [4.78, 5) is 21.4. The summed E-state index contributed by atoms with van der Waals surface area (Å²) in [6.07, 6.45) is 4.32. The van der Waals surface area contributed by atoms with E-state index in [2.05, 4.69) is 4.98 Å². The molecular formula is C23H27N3O5S2. The van der Waals surface area contributed by atoms with E-state index in [-0.39, 0.29) is 10.8 Å². The summed E-state index contributed by atoms with van der Waals surface area (Å²) < 4.78 is 35.6. The van der Waals surface area contributed by atoms with E-state index >= 15 is 0 Å². The van der Waals surface area contributed by atoms with Gasteiger partial charge >= 0.3 is 0 Å². The van der Waals surface area contributed by atoms with Crippen LogP contribution in [0.4, 0.5) is 5.13 Å². The van der Waals surface area contributed by atoms with Crippen LogP contribution >= 0.6 is 11.3 Å². The van der Waals surface area contributed by atoms with Crippen LogP contribution in [0.15, 0.2) is 47.4 Å². The van der Waals surface area contributed by atoms with Gasteiger partial charge in [0.1, 0.15) is 5.52 Å². The zero-order valence-electron chi connectivity index (χ0n) is 19.2. The zero-order valence-corrected chi connectivity index (χ0v) is 20.9. The molecular weight excluding hydrogens is 462 g/mol. The summed E-state index contributed by atoms with van der Waals surface area (Å²) in [7, 11) is 3.50. The Labute approximate surface area is 198 Å². The third kappa shape index (κ3) is 5.89. The molecule has 176 valence electrons. The Morgan fingerprint density at radius 2 is 1.82 bits per heavy atom. The van der Waals surface area contributed by atoms with E-state index in [4.69, 9.17) is 9.47 Å². The van der Waals surface area contributed by atoms with Crippen LogP contribution in [0.2, 0.25) is 0 Å². The molecule has 1 amide bonds. The lowest BCUT2D eigenvalue weighted by Crippen LogP contribution is -2.35. The second-order valence-electron chi connectivity index (χ2n) is 7.61. The fraction of sp³-hybridized carbons (Fsp3) is 0.304. The average Bonchev–Trinajstić information content (AvgIpc) is 3.20. The Morgan fingerprint density at radius 1 is 1.09 bits per heavy atom. The molecule has 0 saturated heterocycles. The molecule has 0 N–H and O–H groups in total. The predicted molar refractivity (Wildman–Crippen MR) is 132 cm³/mol. The van der Waals surface area contributed by atoms with Crippen molar-refractivity contribution in [1.29, 1.82) is 0 Å². The molecule has 0 atom stereocenters. The van der Waals surface area contributed by atoms with E-state index in [1.165, 1.54) is 23.5 Å². The Morgan fingerprint density at radius 3 is 2.45 bits per heavy atom. The second kappa shape index (κ2) is 10.3. The van der Waals surface area contributed by atoms with Crippen LogP contribution in [0.5, 0.6) is 11.5 Å². The van der Waals surface area contributed by atoms with Crippen LogP contribution in [0.1, 0.15) is 5.56 Å². The van der Waals surface area contributed by atoms with Gasteiger partial charge in [0.05, 0.1) is 23.8 Å². The van der Waals surface area contributed by atoms with Crippen LogP contribution in [0.25, 0.3) is 16.3 Å². The number of amides is 1. The zero-order chi connectivity index (χ0) is 24.2. The van der Waals surface area contributed by atoms with Crippen LogP contribution in [-0.2, 0) is 14.6 Å². The van der Waals surface area contributed by atoms with Crippen molar-refractivity contribution in [1.82, 2.24) is 9.88 Å². The van der Waals surface area contributed by atoms with Crippen molar-refractivity contribution < 1.29 is 22.7 Å². The van der Waals surface area contributed by atoms with Crippen molar-refractivity contribution in [3.05, 3.63) is 48.0 Å². The molecule has 3 aromatic rings. The van der Waals surface area contributed by atoms with Crippen molar-refractivity contribution in [3.63, 3.8) is 0 Å². The molecule has 1 aromatic heterocycles. The van der Waals surface area contributed by atoms with Crippen molar-refractivity contribution in [2.75, 3.05) is 52.6 Å². The van der Waals surface area contributed by atoms with E-state index in [9.17, 15) is 13.2 Å². The fourth-order valence-corrected chi connectivity index (χ4v) is 5.06. The summed E-state index contributed by atoms with van der Waals surface area (Å²) in [6, 6.07) is 10.4. The Hall–Kier alpha value is -2.95. The molecule has 0 fully saturated rings. The van der Waals surface area contributed by atoms with Gasteiger partial charge in [-0.2, -0.15) is 0 Å². The van der Waals surface area contributed by atoms with Gasteiger partial charge in [-0.05, 0) is 50.0 Å². The Kier molecular flexibility index (Phi) is 7.72. The number of thiazole rings is 1. The number of hydrogen-bond donors (Lipinski definition) is 0. The molecule has 0 saturated carbocycles. The van der Waals surface area contributed by atoms with Crippen LogP contribution in [-0.4, -0.2) is 71.9 Å². The van der Waals surface area contributed by atoms with Gasteiger partial charge in [-0.15, -0.1) is 0 Å². The molecule has 0 aliphatic carbocycles. The molecule has 0 unspecified atom stereocenters. The highest BCUT2D eigenvalue weighted by molar-refractivity contribution is 7.91. The predicted octanol–water partition coefficient (Wildman–Crippen LogP) is 3.33. The first-order valence-corrected chi connectivity index (χ1v) is 12.8. The van der Waals surface area contributed by atoms with Crippen molar-refractivity contribution in [2.45, 2.75) is 4.90 Å². The number of sulfone groups is 1. The first-order chi connectivity index (χ1) is 15.6. The first-order valence-electron chi connectivity index (χ1n) is 10.1. The number of methoxy groups -OCH3 is 2. The maximum absolute atomic E-state index is 13.2. The number of carbonyl (C=O) groups is 1. The smallest absolute Gasteiger partial charge is 0.252 e. The second-order valence-corrected chi connectivity index (χ2v) is 10.6. The van der Waals surface area contributed by atoms with Crippen LogP contribution in [0, 0.1) is 0 Å². The summed E-state index contributed by atoms with van der Waals surface area (Å²) >= 11 is 1.29. The van der Waals surface area contributed by atoms with Crippen molar-refractivity contribution in [3.8, 4) is 11.5 Å². The van der Waals surface area contributed by atoms with Crippen LogP contribution < -0.4 is 14.4 Å². The molecule has 0 aliphatic rings. The minimum Gasteiger partial charge on any atom is -0.493 e. The minimum atomic E-state index is -3.45. The molecule has 0 radical (unpaired) electrons. The number of hydrogen-bond acceptors (Lipinski definition) is 8. The highest BCUT2D eigenvalue weighted by Crippen LogP contribution is 2.33. The Bertz CT molecular complexity index is 1280. The van der Waals surface area contributed by atoms with Crippen LogP contribution in [0.3, 0.4) is 0 Å². The maximum Gasteiger partial charge on any atom is 0.252 e. The van der Waals surface area contributed by atoms with Gasteiger partial charge in [-0.3, -0.25) is 9.69 Å². The highest BCUT2D eigenvalue weighted by Gasteiger charge is 2.21. The van der Waals surface area contributed by atoms with E-state index < -0.39 is 9.84 Å². The number of nitrogens with zero attached hydrogens (tertiary/aromatic N) is 3. The number of ether oxygens (including phenoxy) is 2. The number of anilines is 1. The molecule has 0 bridgehead atoms. The number of aromatic nitrogens is 1. The van der Waals surface area contributed by atoms with Gasteiger partial charge in [-0.25, -0.2) is 13.4 Å². The summed E-state index contributed by atoms with van der Waals surface area (Å²) in [6.45, 7) is 1.01. The topological polar surface area (TPSA) is 89.0 Å². The normalized spacial score (nSPS) is 11.9. The monoisotopic (exact) mass is 489 g/mol. The SMILES string of the molecule is COc1ccc(/C=C/C(=O)N(CCN(C)C)c2nc3c(S(C)(=O)=O)cccc3s2)cc1OC. The molecule has 0 aliphatic heterocycles. The van der Waals surface area contributed by atoms with Gasteiger partial charge in [0.2, 0.25) is 0 Å². The summed E-state index contributed by atoms with van der Waals surface area (Å²) in [5.41, 5.74) is 1.16. The van der Waals surface area contributed by atoms with E-state index in [0.717, 1.165) is 11.8 Å². The minimum absolute atomic E-state index is 0.156. The molecule has 1 heterocycles. The van der Waals surface area contributed by atoms with Gasteiger partial charge < -0.3 is 14.4 Å². The first kappa shape index (κ1) is 24.7. The van der Waals surface area contributed by atoms with E-state index in [1.54, 1.807) is 49.5 Å². The fourth-order valence-electron chi connectivity index (χ4n) is 3.14. The average molecular weight is 490 g/mol. The van der Waals surface area contributed by atoms with Crippen molar-refractivity contribution in [2.24, 2.45) is 0 Å². The standard InChI is InChI=1S/C23H27N3O5S2/c1-25(2)13-14-26(21(27)12-10-16-9-11-17(30-3)18(15-16)31-4)23-24-22-19(32-23)7-6-8-20(22)33(5,28)29/h6-12,15H,13-14H2,1-5H3/b12-10+. The number of benzene rings is 2. The molecule has 33 heavy (non-hydrogen) atoms. The largest absolute Gasteiger partial charge is 0.493 e. The third-order valence-electron chi connectivity index (χ3n) is 4.86. The Balaban J connectivity index is 1.96. The van der Waals surface area contributed by atoms with Gasteiger partial charge in [0.15, 0.2) is 26.5 Å². The lowest BCUT2D eigenvalue weighted by atomic mass is 10.2. The number of likely N-dealkylation sites (N-methyl/N-ethyl adjacent to an activating group) is 1. The van der Waals surface area contributed by atoms with E-state index in [0.29, 0.717) is 39.9 Å². The molecule has 10 heteroatoms. The van der Waals surface area contributed by atoms with Gasteiger partial charge in [-0.1, -0.05) is 23.5 Å². The molecule has 8 nitrogen and oxygen atoms in total. The highest BCUT2D eigenvalue weighted by atomic mass is 32.2. The maximum atomic E-state index is 13.2. The third-order valence-corrected chi connectivity index (χ3v) is 7.04. The number of para-hydroxylation sites is 1. The van der Waals surface area contributed by atoms with Gasteiger partial charge in [0.25, 0.3) is 5.91 Å². The number of fused-ring (bicyclic) bond motifs is 1.